The average molecular weight is 330 g/mol. The topological polar surface area (TPSA) is 48.5 Å². The monoisotopic (exact) mass is 330 g/mol. The van der Waals surface area contributed by atoms with Gasteiger partial charge in [-0.1, -0.05) is 6.07 Å². The van der Waals surface area contributed by atoms with Gasteiger partial charge in [0.25, 0.3) is 5.91 Å². The molecule has 1 aliphatic rings. The van der Waals surface area contributed by atoms with Gasteiger partial charge in [0.05, 0.1) is 6.04 Å². The van der Waals surface area contributed by atoms with Crippen LogP contribution < -0.4 is 10.2 Å². The van der Waals surface area contributed by atoms with Crippen molar-refractivity contribution in [3.05, 3.63) is 46.8 Å². The van der Waals surface area contributed by atoms with Gasteiger partial charge in [0, 0.05) is 42.7 Å². The normalized spacial score (nSPS) is 20.9. The maximum atomic E-state index is 12.4. The third kappa shape index (κ3) is 3.89. The van der Waals surface area contributed by atoms with Crippen LogP contribution in [0.25, 0.3) is 0 Å². The van der Waals surface area contributed by atoms with Gasteiger partial charge >= 0.3 is 0 Å². The van der Waals surface area contributed by atoms with Crippen LogP contribution in [-0.2, 0) is 0 Å². The van der Waals surface area contributed by atoms with Gasteiger partial charge < -0.3 is 15.1 Å². The summed E-state index contributed by atoms with van der Waals surface area (Å²) in [6, 6.07) is 7.95. The van der Waals surface area contributed by atoms with Crippen LogP contribution in [0.15, 0.2) is 41.2 Å². The van der Waals surface area contributed by atoms with Crippen molar-refractivity contribution >= 4 is 23.1 Å². The van der Waals surface area contributed by atoms with Gasteiger partial charge in [-0.05, 0) is 37.7 Å². The molecular weight excluding hydrogens is 308 g/mol. The van der Waals surface area contributed by atoms with Gasteiger partial charge in [0.2, 0.25) is 0 Å². The summed E-state index contributed by atoms with van der Waals surface area (Å²) in [6.45, 7) is 2.65. The van der Waals surface area contributed by atoms with Gasteiger partial charge in [0.15, 0.2) is 0 Å². The molecule has 6 heteroatoms. The lowest BCUT2D eigenvalue weighted by Crippen LogP contribution is -2.43. The third-order valence-corrected chi connectivity index (χ3v) is 4.80. The maximum Gasteiger partial charge on any atom is 0.252 e. The number of aromatic nitrogens is 1. The SMILES string of the molecule is CN(C)C[C@@H]1CN(c2ccccn2)C[C@H]1NC(=O)c1ccsc1. The van der Waals surface area contributed by atoms with Crippen LogP contribution in [0.4, 0.5) is 5.82 Å². The maximum absolute atomic E-state index is 12.4. The Labute approximate surface area is 140 Å². The second kappa shape index (κ2) is 7.10. The molecule has 1 N–H and O–H groups in total. The molecule has 122 valence electrons. The van der Waals surface area contributed by atoms with Crippen LogP contribution in [0.3, 0.4) is 0 Å². The molecule has 0 bridgehead atoms. The zero-order valence-electron chi connectivity index (χ0n) is 13.5. The van der Waals surface area contributed by atoms with Crippen LogP contribution in [0.1, 0.15) is 10.4 Å². The summed E-state index contributed by atoms with van der Waals surface area (Å²) in [5, 5.41) is 7.03. The molecule has 1 fully saturated rings. The summed E-state index contributed by atoms with van der Waals surface area (Å²) in [7, 11) is 4.14. The lowest BCUT2D eigenvalue weighted by Gasteiger charge is -2.22. The number of carbonyl (C=O) groups is 1. The summed E-state index contributed by atoms with van der Waals surface area (Å²) >= 11 is 1.55. The molecule has 2 aromatic heterocycles. The molecule has 23 heavy (non-hydrogen) atoms. The van der Waals surface area contributed by atoms with E-state index in [2.05, 4.69) is 34.2 Å². The van der Waals surface area contributed by atoms with Crippen molar-refractivity contribution in [2.45, 2.75) is 6.04 Å². The molecule has 2 aromatic rings. The number of rotatable bonds is 5. The number of hydrogen-bond acceptors (Lipinski definition) is 5. The summed E-state index contributed by atoms with van der Waals surface area (Å²) in [5.41, 5.74) is 0.745. The minimum atomic E-state index is 0.0166. The predicted molar refractivity (Wildman–Crippen MR) is 94.1 cm³/mol. The first-order valence-electron chi connectivity index (χ1n) is 7.77. The summed E-state index contributed by atoms with van der Waals surface area (Å²) in [6.07, 6.45) is 1.81. The van der Waals surface area contributed by atoms with Gasteiger partial charge in [-0.3, -0.25) is 4.79 Å². The molecule has 0 unspecified atom stereocenters. The summed E-state index contributed by atoms with van der Waals surface area (Å²) < 4.78 is 0. The van der Waals surface area contributed by atoms with Gasteiger partial charge in [-0.25, -0.2) is 4.98 Å². The molecule has 5 nitrogen and oxygen atoms in total. The van der Waals surface area contributed by atoms with Crippen LogP contribution in [0.5, 0.6) is 0 Å². The number of nitrogens with one attached hydrogen (secondary N) is 1. The van der Waals surface area contributed by atoms with E-state index in [1.54, 1.807) is 11.3 Å². The molecule has 0 aliphatic carbocycles. The lowest BCUT2D eigenvalue weighted by molar-refractivity contribution is 0.0928. The third-order valence-electron chi connectivity index (χ3n) is 4.11. The fourth-order valence-corrected chi connectivity index (χ4v) is 3.70. The van der Waals surface area contributed by atoms with Gasteiger partial charge in [-0.2, -0.15) is 11.3 Å². The number of pyridine rings is 1. The Balaban J connectivity index is 1.72. The number of nitrogens with zero attached hydrogens (tertiary/aromatic N) is 3. The average Bonchev–Trinajstić information content (AvgIpc) is 3.18. The predicted octanol–water partition coefficient (Wildman–Crippen LogP) is 1.94. The molecular formula is C17H22N4OS. The van der Waals surface area contributed by atoms with E-state index in [1.807, 2.05) is 41.2 Å². The molecule has 1 amide bonds. The van der Waals surface area contributed by atoms with E-state index in [4.69, 9.17) is 0 Å². The molecule has 2 atom stereocenters. The highest BCUT2D eigenvalue weighted by molar-refractivity contribution is 7.08. The van der Waals surface area contributed by atoms with Crippen LogP contribution >= 0.6 is 11.3 Å². The second-order valence-corrected chi connectivity index (χ2v) is 6.99. The highest BCUT2D eigenvalue weighted by atomic mass is 32.1. The van der Waals surface area contributed by atoms with Gasteiger partial charge in [-0.15, -0.1) is 0 Å². The molecule has 1 saturated heterocycles. The summed E-state index contributed by atoms with van der Waals surface area (Å²) in [4.78, 5) is 21.3. The molecule has 0 radical (unpaired) electrons. The lowest BCUT2D eigenvalue weighted by atomic mass is 10.0. The Morgan fingerprint density at radius 2 is 2.26 bits per heavy atom. The van der Waals surface area contributed by atoms with Crippen molar-refractivity contribution in [1.82, 2.24) is 15.2 Å². The van der Waals surface area contributed by atoms with E-state index in [9.17, 15) is 4.79 Å². The smallest absolute Gasteiger partial charge is 0.252 e. The first-order valence-corrected chi connectivity index (χ1v) is 8.71. The molecule has 1 aliphatic heterocycles. The van der Waals surface area contributed by atoms with Crippen molar-refractivity contribution in [1.29, 1.82) is 0 Å². The Morgan fingerprint density at radius 1 is 1.39 bits per heavy atom. The number of amides is 1. The van der Waals surface area contributed by atoms with Crippen LogP contribution in [0, 0.1) is 5.92 Å². The molecule has 3 heterocycles. The Morgan fingerprint density at radius 3 is 2.91 bits per heavy atom. The minimum Gasteiger partial charge on any atom is -0.354 e. The van der Waals surface area contributed by atoms with Crippen molar-refractivity contribution < 1.29 is 4.79 Å². The van der Waals surface area contributed by atoms with E-state index < -0.39 is 0 Å². The Kier molecular flexibility index (Phi) is 4.93. The zero-order valence-corrected chi connectivity index (χ0v) is 14.3. The number of hydrogen-bond donors (Lipinski definition) is 1. The van der Waals surface area contributed by atoms with E-state index in [1.165, 1.54) is 0 Å². The minimum absolute atomic E-state index is 0.0166. The zero-order chi connectivity index (χ0) is 16.2. The van der Waals surface area contributed by atoms with Crippen molar-refractivity contribution in [3.8, 4) is 0 Å². The molecule has 0 spiro atoms. The van der Waals surface area contributed by atoms with Crippen LogP contribution in [0.2, 0.25) is 0 Å². The van der Waals surface area contributed by atoms with Gasteiger partial charge in [0.1, 0.15) is 5.82 Å². The Bertz CT molecular complexity index is 629. The number of carbonyl (C=O) groups excluding carboxylic acids is 1. The van der Waals surface area contributed by atoms with Crippen molar-refractivity contribution in [2.75, 3.05) is 38.6 Å². The fraction of sp³-hybridized carbons (Fsp3) is 0.412. The van der Waals surface area contributed by atoms with Crippen molar-refractivity contribution in [3.63, 3.8) is 0 Å². The van der Waals surface area contributed by atoms with E-state index in [0.29, 0.717) is 5.92 Å². The van der Waals surface area contributed by atoms with E-state index in [0.717, 1.165) is 31.0 Å². The fourth-order valence-electron chi connectivity index (χ4n) is 3.06. The van der Waals surface area contributed by atoms with E-state index >= 15 is 0 Å². The number of thiophene rings is 1. The van der Waals surface area contributed by atoms with E-state index in [-0.39, 0.29) is 11.9 Å². The summed E-state index contributed by atoms with van der Waals surface area (Å²) in [5.74, 6) is 1.38. The quantitative estimate of drug-likeness (QED) is 0.910. The van der Waals surface area contributed by atoms with Crippen LogP contribution in [-0.4, -0.2) is 55.6 Å². The molecule has 0 aromatic carbocycles. The largest absolute Gasteiger partial charge is 0.354 e. The number of anilines is 1. The first-order chi connectivity index (χ1) is 11.1. The highest BCUT2D eigenvalue weighted by Crippen LogP contribution is 2.23. The molecule has 0 saturated carbocycles. The Hall–Kier alpha value is -1.92. The molecule has 3 rings (SSSR count). The standard InChI is InChI=1S/C17H22N4OS/c1-20(2)9-14-10-21(16-5-3-4-7-18-16)11-15(14)19-17(22)13-6-8-23-12-13/h3-8,12,14-15H,9-11H2,1-2H3,(H,19,22)/t14-,15-/m1/s1. The highest BCUT2D eigenvalue weighted by Gasteiger charge is 2.34. The second-order valence-electron chi connectivity index (χ2n) is 6.21. The van der Waals surface area contributed by atoms with Crippen molar-refractivity contribution in [2.24, 2.45) is 5.92 Å². The first kappa shape index (κ1) is 16.0.